The highest BCUT2D eigenvalue weighted by atomic mass is 32.1. The van der Waals surface area contributed by atoms with Gasteiger partial charge in [0.05, 0.1) is 30.5 Å². The van der Waals surface area contributed by atoms with E-state index in [0.29, 0.717) is 6.54 Å². The number of thiazole rings is 1. The molecule has 1 aromatic heterocycles. The number of guanidine groups is 1. The first kappa shape index (κ1) is 20.8. The zero-order valence-electron chi connectivity index (χ0n) is 16.9. The van der Waals surface area contributed by atoms with Crippen molar-refractivity contribution in [1.82, 2.24) is 20.5 Å². The van der Waals surface area contributed by atoms with E-state index in [9.17, 15) is 0 Å². The number of rotatable bonds is 8. The van der Waals surface area contributed by atoms with Crippen molar-refractivity contribution in [2.24, 2.45) is 4.99 Å². The molecule has 2 N–H and O–H groups in total. The number of nitrogens with one attached hydrogen (secondary N) is 2. The van der Waals surface area contributed by atoms with E-state index in [0.717, 1.165) is 69.0 Å². The fourth-order valence-corrected chi connectivity index (χ4v) is 3.85. The Morgan fingerprint density at radius 1 is 1.21 bits per heavy atom. The van der Waals surface area contributed by atoms with Crippen LogP contribution in [0.15, 0.2) is 34.6 Å². The summed E-state index contributed by atoms with van der Waals surface area (Å²) in [4.78, 5) is 11.8. The molecular formula is C21H31N5OS. The van der Waals surface area contributed by atoms with Crippen molar-refractivity contribution in [1.29, 1.82) is 0 Å². The molecule has 0 spiro atoms. The monoisotopic (exact) mass is 401 g/mol. The lowest BCUT2D eigenvalue weighted by molar-refractivity contribution is 0.0341. The fourth-order valence-electron chi connectivity index (χ4n) is 3.20. The van der Waals surface area contributed by atoms with Crippen molar-refractivity contribution in [3.05, 3.63) is 51.5 Å². The molecular weight excluding hydrogens is 370 g/mol. The summed E-state index contributed by atoms with van der Waals surface area (Å²) in [6, 6.07) is 8.60. The van der Waals surface area contributed by atoms with Crippen LogP contribution in [0.1, 0.15) is 28.8 Å². The lowest BCUT2D eigenvalue weighted by Crippen LogP contribution is -2.38. The number of aryl methyl sites for hydroxylation is 1. The predicted octanol–water partition coefficient (Wildman–Crippen LogP) is 2.58. The first-order chi connectivity index (χ1) is 13.7. The van der Waals surface area contributed by atoms with Gasteiger partial charge < -0.3 is 15.4 Å². The number of nitrogens with zero attached hydrogens (tertiary/aromatic N) is 3. The second-order valence-corrected chi connectivity index (χ2v) is 7.95. The van der Waals surface area contributed by atoms with E-state index in [2.05, 4.69) is 57.1 Å². The molecule has 0 unspecified atom stereocenters. The van der Waals surface area contributed by atoms with E-state index in [-0.39, 0.29) is 0 Å². The fraction of sp³-hybridized carbons (Fsp3) is 0.524. The van der Waals surface area contributed by atoms with E-state index in [1.807, 2.05) is 6.92 Å². The third-order valence-electron chi connectivity index (χ3n) is 4.71. The minimum atomic E-state index is 0.672. The topological polar surface area (TPSA) is 61.8 Å². The molecule has 0 atom stereocenters. The summed E-state index contributed by atoms with van der Waals surface area (Å²) >= 11 is 1.70. The number of aromatic nitrogens is 1. The van der Waals surface area contributed by atoms with Gasteiger partial charge in [-0.25, -0.2) is 9.98 Å². The van der Waals surface area contributed by atoms with Crippen LogP contribution in [-0.2, 0) is 24.2 Å². The van der Waals surface area contributed by atoms with Gasteiger partial charge in [0.2, 0.25) is 0 Å². The largest absolute Gasteiger partial charge is 0.379 e. The van der Waals surface area contributed by atoms with Gasteiger partial charge in [-0.05, 0) is 25.0 Å². The lowest BCUT2D eigenvalue weighted by atomic mass is 10.1. The van der Waals surface area contributed by atoms with Gasteiger partial charge in [-0.3, -0.25) is 4.90 Å². The highest BCUT2D eigenvalue weighted by Gasteiger charge is 2.12. The molecule has 0 radical (unpaired) electrons. The maximum Gasteiger partial charge on any atom is 0.191 e. The van der Waals surface area contributed by atoms with Crippen LogP contribution in [0.4, 0.5) is 0 Å². The molecule has 1 fully saturated rings. The number of benzene rings is 1. The molecule has 28 heavy (non-hydrogen) atoms. The Balaban J connectivity index is 1.57. The van der Waals surface area contributed by atoms with Crippen molar-refractivity contribution in [3.8, 4) is 0 Å². The quantitative estimate of drug-likeness (QED) is 0.526. The molecule has 2 heterocycles. The summed E-state index contributed by atoms with van der Waals surface area (Å²) in [7, 11) is 0. The number of hydrogen-bond donors (Lipinski definition) is 2. The molecule has 0 saturated carbocycles. The van der Waals surface area contributed by atoms with Gasteiger partial charge in [0.15, 0.2) is 5.96 Å². The molecule has 6 nitrogen and oxygen atoms in total. The van der Waals surface area contributed by atoms with Gasteiger partial charge in [-0.1, -0.05) is 24.3 Å². The Morgan fingerprint density at radius 2 is 2.00 bits per heavy atom. The summed E-state index contributed by atoms with van der Waals surface area (Å²) in [5.41, 5.74) is 3.77. The highest BCUT2D eigenvalue weighted by molar-refractivity contribution is 7.09. The Bertz CT molecular complexity index is 755. The van der Waals surface area contributed by atoms with Gasteiger partial charge in [-0.15, -0.1) is 11.3 Å². The van der Waals surface area contributed by atoms with Crippen LogP contribution >= 0.6 is 11.3 Å². The minimum absolute atomic E-state index is 0.672. The first-order valence-electron chi connectivity index (χ1n) is 10.0. The van der Waals surface area contributed by atoms with E-state index in [1.54, 1.807) is 11.3 Å². The molecule has 7 heteroatoms. The van der Waals surface area contributed by atoms with Crippen LogP contribution in [0, 0.1) is 6.92 Å². The van der Waals surface area contributed by atoms with Crippen molar-refractivity contribution in [2.45, 2.75) is 33.4 Å². The third kappa shape index (κ3) is 6.58. The zero-order chi connectivity index (χ0) is 19.6. The molecule has 0 aliphatic carbocycles. The van der Waals surface area contributed by atoms with E-state index < -0.39 is 0 Å². The number of ether oxygens (including phenoxy) is 1. The van der Waals surface area contributed by atoms with Gasteiger partial charge in [0, 0.05) is 44.5 Å². The molecule has 3 rings (SSSR count). The Labute approximate surface area is 172 Å². The van der Waals surface area contributed by atoms with Crippen molar-refractivity contribution >= 4 is 17.3 Å². The van der Waals surface area contributed by atoms with Gasteiger partial charge in [0.1, 0.15) is 0 Å². The summed E-state index contributed by atoms with van der Waals surface area (Å²) in [6.07, 6.45) is 0.905. The lowest BCUT2D eigenvalue weighted by Gasteiger charge is -2.27. The molecule has 0 bridgehead atoms. The van der Waals surface area contributed by atoms with Gasteiger partial charge in [-0.2, -0.15) is 0 Å². The number of aliphatic imine (C=N–C) groups is 1. The Hall–Kier alpha value is -1.96. The molecule has 1 saturated heterocycles. The Kier molecular flexibility index (Phi) is 8.26. The third-order valence-corrected chi connectivity index (χ3v) is 5.53. The second-order valence-electron chi connectivity index (χ2n) is 6.89. The zero-order valence-corrected chi connectivity index (χ0v) is 17.7. The number of morpholine rings is 1. The van der Waals surface area contributed by atoms with Crippen molar-refractivity contribution < 1.29 is 4.74 Å². The Morgan fingerprint density at radius 3 is 2.71 bits per heavy atom. The molecule has 1 aliphatic rings. The maximum absolute atomic E-state index is 5.46. The van der Waals surface area contributed by atoms with E-state index >= 15 is 0 Å². The molecule has 1 aliphatic heterocycles. The van der Waals surface area contributed by atoms with Crippen molar-refractivity contribution in [2.75, 3.05) is 39.4 Å². The van der Waals surface area contributed by atoms with Crippen LogP contribution in [0.3, 0.4) is 0 Å². The normalized spacial score (nSPS) is 15.6. The molecule has 2 aromatic rings. The summed E-state index contributed by atoms with van der Waals surface area (Å²) < 4.78 is 5.46. The van der Waals surface area contributed by atoms with Crippen LogP contribution in [0.25, 0.3) is 0 Å². The molecule has 1 aromatic carbocycles. The second kappa shape index (κ2) is 11.1. The summed E-state index contributed by atoms with van der Waals surface area (Å²) in [6.45, 7) is 11.1. The predicted molar refractivity (Wildman–Crippen MR) is 116 cm³/mol. The molecule has 0 amide bonds. The first-order valence-corrected chi connectivity index (χ1v) is 10.9. The van der Waals surface area contributed by atoms with Crippen LogP contribution < -0.4 is 10.6 Å². The highest BCUT2D eigenvalue weighted by Crippen LogP contribution is 2.14. The summed E-state index contributed by atoms with van der Waals surface area (Å²) in [5.74, 6) is 0.857. The maximum atomic E-state index is 5.46. The van der Waals surface area contributed by atoms with Gasteiger partial charge in [0.25, 0.3) is 0 Å². The minimum Gasteiger partial charge on any atom is -0.379 e. The summed E-state index contributed by atoms with van der Waals surface area (Å²) in [5, 5.41) is 10.0. The van der Waals surface area contributed by atoms with E-state index in [4.69, 9.17) is 9.73 Å². The average Bonchev–Trinajstić information content (AvgIpc) is 3.13. The van der Waals surface area contributed by atoms with Crippen LogP contribution in [0.2, 0.25) is 0 Å². The van der Waals surface area contributed by atoms with Gasteiger partial charge >= 0.3 is 0 Å². The molecule has 152 valence electrons. The van der Waals surface area contributed by atoms with Crippen molar-refractivity contribution in [3.63, 3.8) is 0 Å². The van der Waals surface area contributed by atoms with Crippen LogP contribution in [-0.4, -0.2) is 55.2 Å². The SMILES string of the molecule is CCNC(=NCc1ccccc1CN1CCOCC1)NCCc1csc(C)n1. The van der Waals surface area contributed by atoms with Crippen LogP contribution in [0.5, 0.6) is 0 Å². The smallest absolute Gasteiger partial charge is 0.191 e. The standard InChI is InChI=1S/C21H31N5OS/c1-3-22-21(23-9-8-20-16-28-17(2)25-20)24-14-18-6-4-5-7-19(18)15-26-10-12-27-13-11-26/h4-7,16H,3,8-15H2,1-2H3,(H2,22,23,24). The average molecular weight is 402 g/mol. The number of hydrogen-bond acceptors (Lipinski definition) is 5. The van der Waals surface area contributed by atoms with E-state index in [1.165, 1.54) is 11.1 Å².